The van der Waals surface area contributed by atoms with E-state index < -0.39 is 0 Å². The summed E-state index contributed by atoms with van der Waals surface area (Å²) in [7, 11) is 0. The van der Waals surface area contributed by atoms with Gasteiger partial charge in [0, 0.05) is 0 Å². The average molecular weight is 160 g/mol. The normalized spacial score (nSPS) is 27.2. The molecule has 64 valence electrons. The maximum absolute atomic E-state index is 2.35. The molecule has 0 unspecified atom stereocenters. The molecule has 0 spiro atoms. The molecule has 0 nitrogen and oxygen atoms in total. The first-order valence-electron chi connectivity index (χ1n) is 4.78. The van der Waals surface area contributed by atoms with Gasteiger partial charge >= 0.3 is 0 Å². The molecular formula is C12H16. The van der Waals surface area contributed by atoms with E-state index in [4.69, 9.17) is 0 Å². The number of aryl methyl sites for hydroxylation is 1. The van der Waals surface area contributed by atoms with Crippen molar-refractivity contribution < 1.29 is 0 Å². The van der Waals surface area contributed by atoms with E-state index in [0.717, 1.165) is 11.8 Å². The standard InChI is InChI=1S/C12H16/c1-8-4-5-11-7-9(2)10(3)12(11)6-8/h4-6,9-10H,7H2,1-3H3/t9-,10+/m0/s1. The fraction of sp³-hybridized carbons (Fsp3) is 0.500. The molecule has 12 heavy (non-hydrogen) atoms. The van der Waals surface area contributed by atoms with Gasteiger partial charge in [-0.1, -0.05) is 37.6 Å². The molecule has 2 atom stereocenters. The first kappa shape index (κ1) is 7.85. The van der Waals surface area contributed by atoms with Crippen molar-refractivity contribution in [1.29, 1.82) is 0 Å². The quantitative estimate of drug-likeness (QED) is 0.546. The third-order valence-electron chi connectivity index (χ3n) is 3.19. The van der Waals surface area contributed by atoms with E-state index in [0.29, 0.717) is 0 Å². The second kappa shape index (κ2) is 2.62. The predicted molar refractivity (Wildman–Crippen MR) is 52.5 cm³/mol. The highest BCUT2D eigenvalue weighted by Crippen LogP contribution is 2.37. The minimum atomic E-state index is 0.764. The molecule has 0 N–H and O–H groups in total. The number of rotatable bonds is 0. The van der Waals surface area contributed by atoms with Crippen molar-refractivity contribution >= 4 is 0 Å². The van der Waals surface area contributed by atoms with E-state index in [2.05, 4.69) is 39.0 Å². The van der Waals surface area contributed by atoms with Gasteiger partial charge in [0.2, 0.25) is 0 Å². The van der Waals surface area contributed by atoms with Crippen LogP contribution in [-0.2, 0) is 6.42 Å². The fourth-order valence-electron chi connectivity index (χ4n) is 2.15. The molecular weight excluding hydrogens is 144 g/mol. The highest BCUT2D eigenvalue weighted by Gasteiger charge is 2.24. The Morgan fingerprint density at radius 3 is 2.75 bits per heavy atom. The van der Waals surface area contributed by atoms with E-state index in [1.54, 1.807) is 11.1 Å². The van der Waals surface area contributed by atoms with Gasteiger partial charge in [-0.05, 0) is 36.3 Å². The lowest BCUT2D eigenvalue weighted by molar-refractivity contribution is 0.532. The molecule has 0 amide bonds. The van der Waals surface area contributed by atoms with Gasteiger partial charge in [0.05, 0.1) is 0 Å². The molecule has 0 bridgehead atoms. The Balaban J connectivity index is 2.48. The Kier molecular flexibility index (Phi) is 1.71. The summed E-state index contributed by atoms with van der Waals surface area (Å²) in [5.74, 6) is 1.60. The monoisotopic (exact) mass is 160 g/mol. The van der Waals surface area contributed by atoms with Gasteiger partial charge in [0.1, 0.15) is 0 Å². The van der Waals surface area contributed by atoms with Crippen LogP contribution >= 0.6 is 0 Å². The first-order valence-corrected chi connectivity index (χ1v) is 4.78. The van der Waals surface area contributed by atoms with Crippen molar-refractivity contribution in [3.8, 4) is 0 Å². The Labute approximate surface area is 74.6 Å². The fourth-order valence-corrected chi connectivity index (χ4v) is 2.15. The summed E-state index contributed by atoms with van der Waals surface area (Å²) in [6.07, 6.45) is 1.27. The Bertz CT molecular complexity index is 299. The van der Waals surface area contributed by atoms with Gasteiger partial charge in [0.25, 0.3) is 0 Å². The van der Waals surface area contributed by atoms with Gasteiger partial charge in [-0.3, -0.25) is 0 Å². The topological polar surface area (TPSA) is 0 Å². The van der Waals surface area contributed by atoms with Gasteiger partial charge in [0.15, 0.2) is 0 Å². The average Bonchev–Trinajstić information content (AvgIpc) is 2.31. The van der Waals surface area contributed by atoms with E-state index in [-0.39, 0.29) is 0 Å². The summed E-state index contributed by atoms with van der Waals surface area (Å²) >= 11 is 0. The molecule has 0 fully saturated rings. The highest BCUT2D eigenvalue weighted by atomic mass is 14.3. The number of hydrogen-bond donors (Lipinski definition) is 0. The van der Waals surface area contributed by atoms with Crippen LogP contribution in [0.25, 0.3) is 0 Å². The summed E-state index contributed by atoms with van der Waals surface area (Å²) in [4.78, 5) is 0. The molecule has 0 saturated heterocycles. The van der Waals surface area contributed by atoms with Crippen LogP contribution in [0.5, 0.6) is 0 Å². The van der Waals surface area contributed by atoms with Crippen LogP contribution in [0.2, 0.25) is 0 Å². The zero-order valence-electron chi connectivity index (χ0n) is 8.09. The smallest absolute Gasteiger partial charge is 0.0159 e. The largest absolute Gasteiger partial charge is 0.0616 e. The van der Waals surface area contributed by atoms with Crippen LogP contribution < -0.4 is 0 Å². The molecule has 0 aromatic heterocycles. The SMILES string of the molecule is Cc1ccc2c(c1)[C@H](C)[C@@H](C)C2. The van der Waals surface area contributed by atoms with Crippen molar-refractivity contribution in [3.63, 3.8) is 0 Å². The molecule has 0 aliphatic heterocycles. The van der Waals surface area contributed by atoms with Crippen LogP contribution in [0.4, 0.5) is 0 Å². The summed E-state index contributed by atoms with van der Waals surface area (Å²) in [5.41, 5.74) is 4.55. The molecule has 2 rings (SSSR count). The highest BCUT2D eigenvalue weighted by molar-refractivity contribution is 5.38. The zero-order chi connectivity index (χ0) is 8.72. The first-order chi connectivity index (χ1) is 5.68. The van der Waals surface area contributed by atoms with Gasteiger partial charge in [-0.25, -0.2) is 0 Å². The van der Waals surface area contributed by atoms with Crippen LogP contribution in [0.1, 0.15) is 36.5 Å². The predicted octanol–water partition coefficient (Wildman–Crippen LogP) is 3.29. The molecule has 0 heterocycles. The van der Waals surface area contributed by atoms with Crippen molar-refractivity contribution in [2.24, 2.45) is 5.92 Å². The number of benzene rings is 1. The Morgan fingerprint density at radius 1 is 1.25 bits per heavy atom. The minimum Gasteiger partial charge on any atom is -0.0616 e. The second-order valence-electron chi connectivity index (χ2n) is 4.17. The molecule has 1 aromatic carbocycles. The number of fused-ring (bicyclic) bond motifs is 1. The summed E-state index contributed by atoms with van der Waals surface area (Å²) in [5, 5.41) is 0. The van der Waals surface area contributed by atoms with Crippen LogP contribution in [0.3, 0.4) is 0 Å². The van der Waals surface area contributed by atoms with E-state index in [1.807, 2.05) is 0 Å². The lowest BCUT2D eigenvalue weighted by atomic mass is 9.96. The maximum Gasteiger partial charge on any atom is -0.0159 e. The molecule has 0 saturated carbocycles. The molecule has 1 aromatic rings. The Morgan fingerprint density at radius 2 is 2.00 bits per heavy atom. The van der Waals surface area contributed by atoms with Crippen LogP contribution in [0, 0.1) is 12.8 Å². The van der Waals surface area contributed by atoms with Crippen LogP contribution in [0.15, 0.2) is 18.2 Å². The summed E-state index contributed by atoms with van der Waals surface area (Å²) in [6, 6.07) is 6.87. The zero-order valence-corrected chi connectivity index (χ0v) is 8.09. The van der Waals surface area contributed by atoms with Crippen LogP contribution in [-0.4, -0.2) is 0 Å². The molecule has 1 aliphatic rings. The molecule has 1 aliphatic carbocycles. The maximum atomic E-state index is 2.35. The number of hydrogen-bond acceptors (Lipinski definition) is 0. The van der Waals surface area contributed by atoms with Crippen molar-refractivity contribution in [3.05, 3.63) is 34.9 Å². The van der Waals surface area contributed by atoms with Gasteiger partial charge in [-0.2, -0.15) is 0 Å². The third-order valence-corrected chi connectivity index (χ3v) is 3.19. The summed E-state index contributed by atoms with van der Waals surface area (Å²) < 4.78 is 0. The van der Waals surface area contributed by atoms with Crippen molar-refractivity contribution in [2.45, 2.75) is 33.1 Å². The molecule has 0 heteroatoms. The van der Waals surface area contributed by atoms with Crippen molar-refractivity contribution in [1.82, 2.24) is 0 Å². The third kappa shape index (κ3) is 1.06. The minimum absolute atomic E-state index is 0.764. The second-order valence-corrected chi connectivity index (χ2v) is 4.17. The lowest BCUT2D eigenvalue weighted by Gasteiger charge is -2.09. The van der Waals surface area contributed by atoms with Crippen molar-refractivity contribution in [2.75, 3.05) is 0 Å². The molecule has 0 radical (unpaired) electrons. The van der Waals surface area contributed by atoms with Gasteiger partial charge < -0.3 is 0 Å². The van der Waals surface area contributed by atoms with Gasteiger partial charge in [-0.15, -0.1) is 0 Å². The van der Waals surface area contributed by atoms with E-state index >= 15 is 0 Å². The van der Waals surface area contributed by atoms with E-state index in [1.165, 1.54) is 12.0 Å². The Hall–Kier alpha value is -0.780. The van der Waals surface area contributed by atoms with E-state index in [9.17, 15) is 0 Å². The lowest BCUT2D eigenvalue weighted by Crippen LogP contribution is -1.97. The summed E-state index contributed by atoms with van der Waals surface area (Å²) in [6.45, 7) is 6.87.